The molecule has 0 aromatic carbocycles. The molecule has 0 radical (unpaired) electrons. The predicted octanol–water partition coefficient (Wildman–Crippen LogP) is -3.15. The Morgan fingerprint density at radius 1 is 1.30 bits per heavy atom. The maximum atomic E-state index is 8.74. The maximum Gasteiger partial charge on any atom is 1.00 e. The first kappa shape index (κ1) is 17.1. The van der Waals surface area contributed by atoms with Crippen molar-refractivity contribution in [3.05, 3.63) is 0 Å². The van der Waals surface area contributed by atoms with Crippen LogP contribution in [0.15, 0.2) is 0 Å². The molecule has 0 saturated carbocycles. The average molecular weight is 182 g/mol. The van der Waals surface area contributed by atoms with Gasteiger partial charge in [0.15, 0.2) is 0 Å². The summed E-state index contributed by atoms with van der Waals surface area (Å²) in [7, 11) is -4.67. The van der Waals surface area contributed by atoms with Gasteiger partial charge in [0.05, 0.1) is 0 Å². The summed E-state index contributed by atoms with van der Waals surface area (Å²) >= 11 is 0. The first-order chi connectivity index (χ1) is 3.73. The molecule has 0 saturated heterocycles. The normalized spacial score (nSPS) is 9.40. The van der Waals surface area contributed by atoms with Gasteiger partial charge in [-0.15, -0.1) is 0 Å². The van der Waals surface area contributed by atoms with Crippen molar-refractivity contribution in [3.63, 3.8) is 0 Å². The van der Waals surface area contributed by atoms with Crippen LogP contribution in [0, 0.1) is 0 Å². The van der Waals surface area contributed by atoms with E-state index >= 15 is 0 Å². The molecule has 0 atom stereocenters. The molecule has 0 unspecified atom stereocenters. The molecule has 0 rings (SSSR count). The van der Waals surface area contributed by atoms with Gasteiger partial charge in [0.25, 0.3) is 0 Å². The minimum atomic E-state index is -4.67. The van der Waals surface area contributed by atoms with Crippen molar-refractivity contribution in [1.29, 1.82) is 0 Å². The van der Waals surface area contributed by atoms with Crippen LogP contribution in [0.1, 0.15) is 15.3 Å². The fraction of sp³-hybridized carbons (Fsp3) is 1.00. The summed E-state index contributed by atoms with van der Waals surface area (Å²) in [5.41, 5.74) is 0. The summed E-state index contributed by atoms with van der Waals surface area (Å²) in [5, 5.41) is 8.06. The number of rotatable bonds is 0. The van der Waals surface area contributed by atoms with Crippen LogP contribution in [0.25, 0.3) is 0 Å². The van der Waals surface area contributed by atoms with Crippen LogP contribution in [-0.4, -0.2) is 28.7 Å². The van der Waals surface area contributed by atoms with E-state index in [1.54, 1.807) is 13.8 Å². The van der Waals surface area contributed by atoms with E-state index in [1.165, 1.54) is 0 Å². The van der Waals surface area contributed by atoms with Crippen molar-refractivity contribution in [1.82, 2.24) is 0 Å². The van der Waals surface area contributed by atoms with Crippen molar-refractivity contribution in [2.75, 3.05) is 0 Å². The van der Waals surface area contributed by atoms with Gasteiger partial charge in [-0.25, -0.2) is 0 Å². The van der Waals surface area contributed by atoms with E-state index in [-0.39, 0.29) is 37.1 Å². The molecule has 0 spiro atoms. The molecule has 0 aromatic rings. The van der Waals surface area contributed by atoms with E-state index in [2.05, 4.69) is 0 Å². The third kappa shape index (κ3) is 786. The summed E-state index contributed by atoms with van der Waals surface area (Å²) in [4.78, 5) is 0. The van der Waals surface area contributed by atoms with Crippen LogP contribution >= 0.6 is 0 Å². The largest absolute Gasteiger partial charge is 1.00 e. The van der Waals surface area contributed by atoms with E-state index in [1.807, 2.05) is 0 Å². The zero-order valence-corrected chi connectivity index (χ0v) is 8.96. The Labute approximate surface area is 83.8 Å². The Hall–Kier alpha value is 0.830. The molecular formula is C3H11NaO5S. The zero-order valence-electron chi connectivity index (χ0n) is 7.14. The van der Waals surface area contributed by atoms with Crippen LogP contribution in [0.2, 0.25) is 0 Å². The van der Waals surface area contributed by atoms with Gasteiger partial charge in [-0.1, -0.05) is 0 Å². The number of aliphatic hydroxyl groups excluding tert-OH is 1. The number of aliphatic hydroxyl groups is 1. The summed E-state index contributed by atoms with van der Waals surface area (Å²) in [6.45, 7) is 3.44. The second-order valence-electron chi connectivity index (χ2n) is 1.54. The summed E-state index contributed by atoms with van der Waals surface area (Å²) < 4.78 is 31.6. The van der Waals surface area contributed by atoms with Crippen LogP contribution in [-0.2, 0) is 10.4 Å². The molecule has 7 heteroatoms. The third-order valence-corrected chi connectivity index (χ3v) is 0. The van der Waals surface area contributed by atoms with E-state index in [9.17, 15) is 0 Å². The van der Waals surface area contributed by atoms with Gasteiger partial charge in [0.2, 0.25) is 0 Å². The molecule has 0 bridgehead atoms. The maximum absolute atomic E-state index is 8.74. The Morgan fingerprint density at radius 2 is 1.30 bits per heavy atom. The van der Waals surface area contributed by atoms with Crippen molar-refractivity contribution in [3.8, 4) is 0 Å². The number of hydrogen-bond acceptors (Lipinski definition) is 3. The first-order valence-electron chi connectivity index (χ1n) is 2.11. The molecule has 0 aromatic heterocycles. The fourth-order valence-electron chi connectivity index (χ4n) is 0. The quantitative estimate of drug-likeness (QED) is 0.272. The molecule has 0 aliphatic heterocycles. The van der Waals surface area contributed by atoms with Crippen LogP contribution in [0.5, 0.6) is 0 Å². The van der Waals surface area contributed by atoms with Crippen LogP contribution < -0.4 is 29.6 Å². The molecule has 0 heterocycles. The second-order valence-corrected chi connectivity index (χ2v) is 2.44. The smallest absolute Gasteiger partial charge is 1.00 e. The number of hydrogen-bond donors (Lipinski definition) is 3. The average Bonchev–Trinajstić information content (AvgIpc) is 1.19. The standard InChI is InChI=1S/C3H8O.Na.H2O4S.H/c1-3(2)4;;1-5(2,3)4;/h3-4H,1-2H3;;(H2,1,2,3,4);/q;+1;;-1. The van der Waals surface area contributed by atoms with E-state index in [0.29, 0.717) is 0 Å². The molecule has 0 fully saturated rings. The van der Waals surface area contributed by atoms with E-state index in [4.69, 9.17) is 22.6 Å². The van der Waals surface area contributed by atoms with Crippen molar-refractivity contribution in [2.24, 2.45) is 0 Å². The van der Waals surface area contributed by atoms with Gasteiger partial charge < -0.3 is 6.53 Å². The monoisotopic (exact) mass is 182 g/mol. The molecule has 0 aliphatic carbocycles. The van der Waals surface area contributed by atoms with Crippen LogP contribution in [0.3, 0.4) is 0 Å². The first-order valence-corrected chi connectivity index (χ1v) is 3.51. The third-order valence-electron chi connectivity index (χ3n) is 0. The molecule has 10 heavy (non-hydrogen) atoms. The van der Waals surface area contributed by atoms with E-state index < -0.39 is 10.4 Å². The Balaban J connectivity index is -0.0000000383. The van der Waals surface area contributed by atoms with Gasteiger partial charge in [-0.05, 0) is 13.8 Å². The van der Waals surface area contributed by atoms with E-state index in [0.717, 1.165) is 0 Å². The Kier molecular flexibility index (Phi) is 13.5. The summed E-state index contributed by atoms with van der Waals surface area (Å²) in [6, 6.07) is 0. The molecular weight excluding hydrogens is 171 g/mol. The summed E-state index contributed by atoms with van der Waals surface area (Å²) in [5.74, 6) is 0. The fourth-order valence-corrected chi connectivity index (χ4v) is 0. The topological polar surface area (TPSA) is 94.8 Å². The Morgan fingerprint density at radius 3 is 1.30 bits per heavy atom. The summed E-state index contributed by atoms with van der Waals surface area (Å²) in [6.07, 6.45) is -0.167. The van der Waals surface area contributed by atoms with Gasteiger partial charge in [-0.3, -0.25) is 9.11 Å². The minimum absolute atomic E-state index is 0. The van der Waals surface area contributed by atoms with Gasteiger partial charge >= 0.3 is 40.0 Å². The van der Waals surface area contributed by atoms with Crippen LogP contribution in [0.4, 0.5) is 0 Å². The van der Waals surface area contributed by atoms with Gasteiger partial charge in [0.1, 0.15) is 0 Å². The Bertz CT molecular complexity index is 133. The van der Waals surface area contributed by atoms with Crippen molar-refractivity contribution < 1.29 is 53.6 Å². The SMILES string of the molecule is CC(C)O.O=S(=O)(O)O.[H-].[Na+]. The molecule has 3 N–H and O–H groups in total. The zero-order chi connectivity index (χ0) is 8.08. The predicted molar refractivity (Wildman–Crippen MR) is 32.6 cm³/mol. The van der Waals surface area contributed by atoms with Gasteiger partial charge in [-0.2, -0.15) is 8.42 Å². The van der Waals surface area contributed by atoms with Crippen molar-refractivity contribution >= 4 is 10.4 Å². The second kappa shape index (κ2) is 7.93. The van der Waals surface area contributed by atoms with Gasteiger partial charge in [0, 0.05) is 6.10 Å². The molecule has 0 aliphatic rings. The van der Waals surface area contributed by atoms with Crippen molar-refractivity contribution in [2.45, 2.75) is 20.0 Å². The molecule has 5 nitrogen and oxygen atoms in total. The molecule has 60 valence electrons. The molecule has 0 amide bonds. The minimum Gasteiger partial charge on any atom is -1.00 e.